The molecule has 1 heterocycles. The molecule has 23 heavy (non-hydrogen) atoms. The molecule has 0 bridgehead atoms. The van der Waals surface area contributed by atoms with E-state index in [1.807, 2.05) is 31.2 Å². The van der Waals surface area contributed by atoms with E-state index in [0.29, 0.717) is 0 Å². The van der Waals surface area contributed by atoms with Crippen molar-refractivity contribution in [3.8, 4) is 0 Å². The van der Waals surface area contributed by atoms with Crippen LogP contribution in [0.4, 0.5) is 0 Å². The molecule has 0 saturated carbocycles. The van der Waals surface area contributed by atoms with E-state index in [1.165, 1.54) is 22.2 Å². The highest BCUT2D eigenvalue weighted by Gasteiger charge is 2.23. The summed E-state index contributed by atoms with van der Waals surface area (Å²) in [6, 6.07) is 16.4. The van der Waals surface area contributed by atoms with Crippen molar-refractivity contribution in [1.29, 1.82) is 0 Å². The summed E-state index contributed by atoms with van der Waals surface area (Å²) in [7, 11) is 0. The van der Waals surface area contributed by atoms with E-state index in [9.17, 15) is 4.79 Å². The first-order chi connectivity index (χ1) is 11.2. The summed E-state index contributed by atoms with van der Waals surface area (Å²) < 4.78 is 0. The number of fused-ring (bicyclic) bond motifs is 3. The number of para-hydroxylation sites is 1. The van der Waals surface area contributed by atoms with Crippen LogP contribution in [-0.2, 0) is 12.8 Å². The zero-order valence-electron chi connectivity index (χ0n) is 13.2. The lowest BCUT2D eigenvalue weighted by atomic mass is 9.91. The van der Waals surface area contributed by atoms with Crippen LogP contribution in [-0.4, -0.2) is 16.9 Å². The summed E-state index contributed by atoms with van der Waals surface area (Å²) in [6.07, 6.45) is 2.88. The zero-order chi connectivity index (χ0) is 15.8. The number of amides is 1. The Morgan fingerprint density at radius 1 is 1.17 bits per heavy atom. The molecule has 1 amide bonds. The summed E-state index contributed by atoms with van der Waals surface area (Å²) in [5.74, 6) is 0.0262. The largest absolute Gasteiger partial charge is 0.358 e. The predicted octanol–water partition coefficient (Wildman–Crippen LogP) is 3.76. The smallest absolute Gasteiger partial charge is 0.251 e. The van der Waals surface area contributed by atoms with Crippen molar-refractivity contribution in [1.82, 2.24) is 10.3 Å². The maximum absolute atomic E-state index is 12.4. The van der Waals surface area contributed by atoms with Gasteiger partial charge in [0.25, 0.3) is 5.91 Å². The molecule has 0 spiro atoms. The Labute approximate surface area is 135 Å². The van der Waals surface area contributed by atoms with Crippen LogP contribution in [0.1, 0.15) is 33.6 Å². The van der Waals surface area contributed by atoms with E-state index >= 15 is 0 Å². The highest BCUT2D eigenvalue weighted by atomic mass is 16.1. The molecule has 1 aromatic heterocycles. The van der Waals surface area contributed by atoms with Crippen LogP contribution in [0, 0.1) is 6.92 Å². The lowest BCUT2D eigenvalue weighted by Crippen LogP contribution is -2.38. The number of aromatic amines is 1. The molecule has 2 aromatic carbocycles. The number of nitrogens with one attached hydrogen (secondary N) is 2. The van der Waals surface area contributed by atoms with Gasteiger partial charge < -0.3 is 10.3 Å². The molecule has 3 aromatic rings. The number of hydrogen-bond donors (Lipinski definition) is 2. The second-order valence-electron chi connectivity index (χ2n) is 6.41. The standard InChI is InChI=1S/C20H20N2O/c1-13-5-4-6-14(11-13)20(23)21-15-9-10-17-16-7-2-3-8-18(16)22-19(17)12-15/h2-8,11,15,22H,9-10,12H2,1H3,(H,21,23). The van der Waals surface area contributed by atoms with Crippen LogP contribution in [0.15, 0.2) is 48.5 Å². The molecule has 3 nitrogen and oxygen atoms in total. The molecule has 1 unspecified atom stereocenters. The van der Waals surface area contributed by atoms with Crippen molar-refractivity contribution in [2.45, 2.75) is 32.2 Å². The number of hydrogen-bond acceptors (Lipinski definition) is 1. The van der Waals surface area contributed by atoms with Gasteiger partial charge >= 0.3 is 0 Å². The number of benzene rings is 2. The molecule has 4 rings (SSSR count). The van der Waals surface area contributed by atoms with Gasteiger partial charge in [-0.05, 0) is 43.5 Å². The lowest BCUT2D eigenvalue weighted by molar-refractivity contribution is 0.0933. The molecule has 2 N–H and O–H groups in total. The minimum atomic E-state index is 0.0262. The van der Waals surface area contributed by atoms with Gasteiger partial charge in [0.1, 0.15) is 0 Å². The van der Waals surface area contributed by atoms with Crippen LogP contribution in [0.5, 0.6) is 0 Å². The summed E-state index contributed by atoms with van der Waals surface area (Å²) >= 11 is 0. The summed E-state index contributed by atoms with van der Waals surface area (Å²) in [5.41, 5.74) is 5.74. The Morgan fingerprint density at radius 2 is 2.04 bits per heavy atom. The minimum absolute atomic E-state index is 0.0262. The van der Waals surface area contributed by atoms with Gasteiger partial charge in [-0.2, -0.15) is 0 Å². The van der Waals surface area contributed by atoms with Crippen LogP contribution in [0.3, 0.4) is 0 Å². The first-order valence-corrected chi connectivity index (χ1v) is 8.17. The highest BCUT2D eigenvalue weighted by Crippen LogP contribution is 2.29. The average molecular weight is 304 g/mol. The molecule has 3 heteroatoms. The highest BCUT2D eigenvalue weighted by molar-refractivity contribution is 5.94. The molecule has 1 aliphatic carbocycles. The van der Waals surface area contributed by atoms with Gasteiger partial charge in [0.15, 0.2) is 0 Å². The molecule has 1 aliphatic rings. The van der Waals surface area contributed by atoms with E-state index in [4.69, 9.17) is 0 Å². The van der Waals surface area contributed by atoms with E-state index in [0.717, 1.165) is 30.4 Å². The molecule has 116 valence electrons. The van der Waals surface area contributed by atoms with Crippen LogP contribution in [0.2, 0.25) is 0 Å². The Balaban J connectivity index is 1.53. The first kappa shape index (κ1) is 14.1. The van der Waals surface area contributed by atoms with Crippen molar-refractivity contribution in [2.24, 2.45) is 0 Å². The maximum Gasteiger partial charge on any atom is 0.251 e. The molecular weight excluding hydrogens is 284 g/mol. The van der Waals surface area contributed by atoms with Crippen LogP contribution >= 0.6 is 0 Å². The molecule has 0 aliphatic heterocycles. The number of aromatic nitrogens is 1. The van der Waals surface area contributed by atoms with E-state index in [1.54, 1.807) is 0 Å². The molecule has 0 radical (unpaired) electrons. The van der Waals surface area contributed by atoms with Gasteiger partial charge in [-0.3, -0.25) is 4.79 Å². The van der Waals surface area contributed by atoms with Crippen molar-refractivity contribution >= 4 is 16.8 Å². The molecule has 0 saturated heterocycles. The lowest BCUT2D eigenvalue weighted by Gasteiger charge is -2.23. The second-order valence-corrected chi connectivity index (χ2v) is 6.41. The normalized spacial score (nSPS) is 17.0. The van der Waals surface area contributed by atoms with Crippen LogP contribution in [0.25, 0.3) is 10.9 Å². The SMILES string of the molecule is Cc1cccc(C(=O)NC2CCc3c([nH]c4ccccc34)C2)c1. The van der Waals surface area contributed by atoms with Gasteiger partial charge in [0.2, 0.25) is 0 Å². The number of carbonyl (C=O) groups excluding carboxylic acids is 1. The average Bonchev–Trinajstić information content (AvgIpc) is 2.92. The van der Waals surface area contributed by atoms with Crippen molar-refractivity contribution in [3.63, 3.8) is 0 Å². The van der Waals surface area contributed by atoms with Gasteiger partial charge in [-0.25, -0.2) is 0 Å². The summed E-state index contributed by atoms with van der Waals surface area (Å²) in [5, 5.41) is 4.51. The van der Waals surface area contributed by atoms with E-state index < -0.39 is 0 Å². The number of aryl methyl sites for hydroxylation is 2. The Hall–Kier alpha value is -2.55. The van der Waals surface area contributed by atoms with E-state index in [2.05, 4.69) is 34.6 Å². The van der Waals surface area contributed by atoms with Crippen molar-refractivity contribution < 1.29 is 4.79 Å². The summed E-state index contributed by atoms with van der Waals surface area (Å²) in [4.78, 5) is 15.9. The Morgan fingerprint density at radius 3 is 2.91 bits per heavy atom. The van der Waals surface area contributed by atoms with Gasteiger partial charge in [0.05, 0.1) is 0 Å². The first-order valence-electron chi connectivity index (χ1n) is 8.17. The van der Waals surface area contributed by atoms with Gasteiger partial charge in [-0.1, -0.05) is 35.9 Å². The zero-order valence-corrected chi connectivity index (χ0v) is 13.2. The molecule has 1 atom stereocenters. The molecule has 0 fully saturated rings. The second kappa shape index (κ2) is 5.58. The Kier molecular flexibility index (Phi) is 3.41. The maximum atomic E-state index is 12.4. The number of rotatable bonds is 2. The quantitative estimate of drug-likeness (QED) is 0.744. The van der Waals surface area contributed by atoms with Crippen molar-refractivity contribution in [2.75, 3.05) is 0 Å². The summed E-state index contributed by atoms with van der Waals surface area (Å²) in [6.45, 7) is 2.01. The van der Waals surface area contributed by atoms with Crippen LogP contribution < -0.4 is 5.32 Å². The monoisotopic (exact) mass is 304 g/mol. The number of carbonyl (C=O) groups is 1. The van der Waals surface area contributed by atoms with Crippen molar-refractivity contribution in [3.05, 3.63) is 70.9 Å². The fraction of sp³-hybridized carbons (Fsp3) is 0.250. The minimum Gasteiger partial charge on any atom is -0.358 e. The Bertz CT molecular complexity index is 878. The fourth-order valence-electron chi connectivity index (χ4n) is 3.56. The third-order valence-corrected chi connectivity index (χ3v) is 4.71. The fourth-order valence-corrected chi connectivity index (χ4v) is 3.56. The topological polar surface area (TPSA) is 44.9 Å². The number of H-pyrrole nitrogens is 1. The third kappa shape index (κ3) is 2.63. The predicted molar refractivity (Wildman–Crippen MR) is 92.8 cm³/mol. The van der Waals surface area contributed by atoms with E-state index in [-0.39, 0.29) is 11.9 Å². The molecular formula is C20H20N2O. The van der Waals surface area contributed by atoms with Gasteiger partial charge in [-0.15, -0.1) is 0 Å². The van der Waals surface area contributed by atoms with Gasteiger partial charge in [0, 0.05) is 34.6 Å². The third-order valence-electron chi connectivity index (χ3n) is 4.71.